The zero-order valence-corrected chi connectivity index (χ0v) is 17.3. The number of Topliss-reactive ketones (excluding diaryl/α,β-unsaturated/α-hetero) is 1. The van der Waals surface area contributed by atoms with Crippen molar-refractivity contribution < 1.29 is 9.72 Å². The van der Waals surface area contributed by atoms with Crippen molar-refractivity contribution in [2.24, 2.45) is 0 Å². The molecule has 2 heterocycles. The van der Waals surface area contributed by atoms with E-state index in [4.69, 9.17) is 0 Å². The zero-order valence-electron chi connectivity index (χ0n) is 15.7. The fourth-order valence-corrected chi connectivity index (χ4v) is 4.45. The quantitative estimate of drug-likeness (QED) is 0.168. The van der Waals surface area contributed by atoms with Gasteiger partial charge in [-0.3, -0.25) is 19.5 Å². The Morgan fingerprint density at radius 2 is 1.90 bits per heavy atom. The highest BCUT2D eigenvalue weighted by atomic mass is 32.2. The zero-order chi connectivity index (χ0) is 20.9. The highest BCUT2D eigenvalue weighted by Crippen LogP contribution is 2.28. The molecule has 0 saturated carbocycles. The number of ketones is 1. The van der Waals surface area contributed by atoms with Crippen LogP contribution in [0, 0.1) is 10.1 Å². The monoisotopic (exact) mass is 436 g/mol. The summed E-state index contributed by atoms with van der Waals surface area (Å²) in [6.45, 7) is 0.578. The number of thioether (sulfide) groups is 1. The van der Waals surface area contributed by atoms with Gasteiger partial charge in [-0.25, -0.2) is 0 Å². The Morgan fingerprint density at radius 1 is 1.07 bits per heavy atom. The molecule has 2 aromatic heterocycles. The first-order chi connectivity index (χ1) is 14.6. The van der Waals surface area contributed by atoms with Gasteiger partial charge in [-0.15, -0.1) is 21.5 Å². The van der Waals surface area contributed by atoms with Gasteiger partial charge in [0.05, 0.1) is 22.1 Å². The standard InChI is InChI=1S/C21H16N4O3S2/c26-18(16-8-4-9-17(12-16)25(27)28)14-30-21-23-22-20(19-10-5-11-29-19)24(21)13-15-6-2-1-3-7-15/h1-12H,13-14H2. The first kappa shape index (κ1) is 20.0. The molecule has 0 aliphatic heterocycles. The summed E-state index contributed by atoms with van der Waals surface area (Å²) in [6.07, 6.45) is 0. The van der Waals surface area contributed by atoms with E-state index < -0.39 is 4.92 Å². The maximum Gasteiger partial charge on any atom is 0.270 e. The number of benzene rings is 2. The molecule has 150 valence electrons. The van der Waals surface area contributed by atoms with E-state index in [1.807, 2.05) is 52.4 Å². The van der Waals surface area contributed by atoms with Crippen LogP contribution in [0.1, 0.15) is 15.9 Å². The number of thiophene rings is 1. The lowest BCUT2D eigenvalue weighted by Gasteiger charge is -2.09. The van der Waals surface area contributed by atoms with E-state index in [0.717, 1.165) is 16.3 Å². The first-order valence-electron chi connectivity index (χ1n) is 9.03. The smallest absolute Gasteiger partial charge is 0.270 e. The third-order valence-electron chi connectivity index (χ3n) is 4.35. The molecule has 0 aliphatic carbocycles. The fourth-order valence-electron chi connectivity index (χ4n) is 2.90. The molecule has 0 unspecified atom stereocenters. The number of non-ortho nitro benzene ring substituents is 1. The minimum absolute atomic E-state index is 0.0990. The molecule has 0 radical (unpaired) electrons. The number of nitrogens with zero attached hydrogens (tertiary/aromatic N) is 4. The molecule has 4 rings (SSSR count). The molecule has 0 saturated heterocycles. The SMILES string of the molecule is O=C(CSc1nnc(-c2cccs2)n1Cc1ccccc1)c1cccc([N+](=O)[O-])c1. The topological polar surface area (TPSA) is 90.9 Å². The number of carbonyl (C=O) groups is 1. The van der Waals surface area contributed by atoms with Crippen LogP contribution in [0.4, 0.5) is 5.69 Å². The molecule has 0 atom stereocenters. The summed E-state index contributed by atoms with van der Waals surface area (Å²) >= 11 is 2.85. The van der Waals surface area contributed by atoms with Gasteiger partial charge in [0.1, 0.15) is 0 Å². The molecular formula is C21H16N4O3S2. The van der Waals surface area contributed by atoms with Crippen LogP contribution < -0.4 is 0 Å². The molecule has 4 aromatic rings. The van der Waals surface area contributed by atoms with Crippen LogP contribution in [0.5, 0.6) is 0 Å². The summed E-state index contributed by atoms with van der Waals surface area (Å²) in [5.41, 5.74) is 1.31. The molecular weight excluding hydrogens is 420 g/mol. The minimum atomic E-state index is -0.506. The summed E-state index contributed by atoms with van der Waals surface area (Å²) < 4.78 is 1.99. The van der Waals surface area contributed by atoms with Crippen LogP contribution in [-0.2, 0) is 6.54 Å². The normalized spacial score (nSPS) is 10.8. The van der Waals surface area contributed by atoms with Crippen molar-refractivity contribution in [1.82, 2.24) is 14.8 Å². The minimum Gasteiger partial charge on any atom is -0.297 e. The van der Waals surface area contributed by atoms with Crippen molar-refractivity contribution >= 4 is 34.6 Å². The van der Waals surface area contributed by atoms with Gasteiger partial charge in [-0.05, 0) is 17.0 Å². The maximum atomic E-state index is 12.6. The first-order valence-corrected chi connectivity index (χ1v) is 10.9. The van der Waals surface area contributed by atoms with Crippen molar-refractivity contribution in [2.75, 3.05) is 5.75 Å². The Labute approximate surface area is 180 Å². The van der Waals surface area contributed by atoms with E-state index in [9.17, 15) is 14.9 Å². The average Bonchev–Trinajstić information content (AvgIpc) is 3.43. The highest BCUT2D eigenvalue weighted by Gasteiger charge is 2.18. The van der Waals surface area contributed by atoms with Gasteiger partial charge in [0.15, 0.2) is 16.8 Å². The number of rotatable bonds is 8. The summed E-state index contributed by atoms with van der Waals surface area (Å²) in [5, 5.41) is 22.2. The van der Waals surface area contributed by atoms with Gasteiger partial charge >= 0.3 is 0 Å². The van der Waals surface area contributed by atoms with Gasteiger partial charge in [0.25, 0.3) is 5.69 Å². The number of carbonyl (C=O) groups excluding carboxylic acids is 1. The van der Waals surface area contributed by atoms with Crippen LogP contribution in [0.15, 0.2) is 77.3 Å². The van der Waals surface area contributed by atoms with Crippen molar-refractivity contribution in [2.45, 2.75) is 11.7 Å². The van der Waals surface area contributed by atoms with Crippen LogP contribution in [0.2, 0.25) is 0 Å². The molecule has 30 heavy (non-hydrogen) atoms. The molecule has 0 N–H and O–H groups in total. The number of hydrogen-bond donors (Lipinski definition) is 0. The predicted octanol–water partition coefficient (Wildman–Crippen LogP) is 4.94. The average molecular weight is 437 g/mol. The second kappa shape index (κ2) is 9.02. The van der Waals surface area contributed by atoms with Gasteiger partial charge in [-0.1, -0.05) is 60.3 Å². The van der Waals surface area contributed by atoms with Crippen molar-refractivity contribution in [3.05, 3.63) is 93.4 Å². The Kier molecular flexibility index (Phi) is 6.01. The number of aromatic nitrogens is 3. The third-order valence-corrected chi connectivity index (χ3v) is 6.19. The van der Waals surface area contributed by atoms with E-state index >= 15 is 0 Å². The van der Waals surface area contributed by atoms with Crippen LogP contribution in [-0.4, -0.2) is 31.2 Å². The van der Waals surface area contributed by atoms with E-state index in [2.05, 4.69) is 10.2 Å². The maximum absolute atomic E-state index is 12.6. The van der Waals surface area contributed by atoms with E-state index in [0.29, 0.717) is 17.3 Å². The Bertz CT molecular complexity index is 1170. The number of nitro benzene ring substituents is 1. The molecule has 0 fully saturated rings. The largest absolute Gasteiger partial charge is 0.297 e. The Morgan fingerprint density at radius 3 is 2.63 bits per heavy atom. The second-order valence-electron chi connectivity index (χ2n) is 6.37. The molecule has 0 aliphatic rings. The van der Waals surface area contributed by atoms with Crippen molar-refractivity contribution in [1.29, 1.82) is 0 Å². The lowest BCUT2D eigenvalue weighted by Crippen LogP contribution is -2.07. The lowest BCUT2D eigenvalue weighted by molar-refractivity contribution is -0.384. The summed E-state index contributed by atoms with van der Waals surface area (Å²) in [5.74, 6) is 0.660. The van der Waals surface area contributed by atoms with Crippen LogP contribution in [0.3, 0.4) is 0 Å². The Balaban J connectivity index is 1.57. The second-order valence-corrected chi connectivity index (χ2v) is 8.26. The molecule has 2 aromatic carbocycles. The number of hydrogen-bond acceptors (Lipinski definition) is 7. The Hall–Kier alpha value is -3.30. The van der Waals surface area contributed by atoms with Crippen LogP contribution >= 0.6 is 23.1 Å². The fraction of sp³-hybridized carbons (Fsp3) is 0.0952. The van der Waals surface area contributed by atoms with E-state index in [1.54, 1.807) is 17.4 Å². The van der Waals surface area contributed by atoms with E-state index in [-0.39, 0.29) is 17.2 Å². The van der Waals surface area contributed by atoms with Gasteiger partial charge in [-0.2, -0.15) is 0 Å². The molecule has 7 nitrogen and oxygen atoms in total. The molecule has 0 spiro atoms. The van der Waals surface area contributed by atoms with Crippen molar-refractivity contribution in [3.8, 4) is 10.7 Å². The summed E-state index contributed by atoms with van der Waals surface area (Å²) in [4.78, 5) is 24.0. The van der Waals surface area contributed by atoms with Gasteiger partial charge < -0.3 is 0 Å². The molecule has 0 bridgehead atoms. The summed E-state index contributed by atoms with van der Waals surface area (Å²) in [6, 6.07) is 19.7. The van der Waals surface area contributed by atoms with Crippen molar-refractivity contribution in [3.63, 3.8) is 0 Å². The van der Waals surface area contributed by atoms with E-state index in [1.165, 1.54) is 30.0 Å². The van der Waals surface area contributed by atoms with Crippen LogP contribution in [0.25, 0.3) is 10.7 Å². The summed E-state index contributed by atoms with van der Waals surface area (Å²) in [7, 11) is 0. The van der Waals surface area contributed by atoms with Gasteiger partial charge in [0.2, 0.25) is 0 Å². The number of nitro groups is 1. The highest BCUT2D eigenvalue weighted by molar-refractivity contribution is 7.99. The predicted molar refractivity (Wildman–Crippen MR) is 117 cm³/mol. The molecule has 9 heteroatoms. The van der Waals surface area contributed by atoms with Gasteiger partial charge in [0, 0.05) is 17.7 Å². The third kappa shape index (κ3) is 4.47. The molecule has 0 amide bonds. The lowest BCUT2D eigenvalue weighted by atomic mass is 10.1.